The summed E-state index contributed by atoms with van der Waals surface area (Å²) in [6.45, 7) is 14.3. The van der Waals surface area contributed by atoms with Crippen LogP contribution in [0.4, 0.5) is 0 Å². The fourth-order valence-electron chi connectivity index (χ4n) is 4.04. The molecular formula is C22H45N3O3. The summed E-state index contributed by atoms with van der Waals surface area (Å²) in [5.41, 5.74) is 0. The molecule has 0 fully saturated rings. The van der Waals surface area contributed by atoms with E-state index in [4.69, 9.17) is 4.74 Å². The quantitative estimate of drug-likeness (QED) is 0.548. The second-order valence-electron chi connectivity index (χ2n) is 8.89. The summed E-state index contributed by atoms with van der Waals surface area (Å²) in [5.74, 6) is 0.299. The number of ether oxygens (including phenoxy) is 1. The molecule has 1 N–H and O–H groups in total. The van der Waals surface area contributed by atoms with Crippen LogP contribution in [-0.4, -0.2) is 74.1 Å². The van der Waals surface area contributed by atoms with Gasteiger partial charge in [-0.15, -0.1) is 0 Å². The number of methoxy groups -OCH3 is 1. The molecule has 0 aliphatic heterocycles. The average Bonchev–Trinajstić information content (AvgIpc) is 2.61. The van der Waals surface area contributed by atoms with Gasteiger partial charge >= 0.3 is 0 Å². The highest BCUT2D eigenvalue weighted by atomic mass is 16.5. The van der Waals surface area contributed by atoms with Gasteiger partial charge in [-0.25, -0.2) is 0 Å². The summed E-state index contributed by atoms with van der Waals surface area (Å²) in [6, 6.07) is -0.855. The minimum Gasteiger partial charge on any atom is -0.379 e. The molecule has 0 saturated heterocycles. The Labute approximate surface area is 173 Å². The summed E-state index contributed by atoms with van der Waals surface area (Å²) in [6.07, 6.45) is 1.76. The Morgan fingerprint density at radius 3 is 1.79 bits per heavy atom. The molecular weight excluding hydrogens is 354 g/mol. The van der Waals surface area contributed by atoms with Crippen LogP contribution in [0.1, 0.15) is 61.3 Å². The minimum absolute atomic E-state index is 0.00548. The van der Waals surface area contributed by atoms with Crippen molar-refractivity contribution < 1.29 is 14.3 Å². The zero-order valence-corrected chi connectivity index (χ0v) is 20.1. The first-order valence-electron chi connectivity index (χ1n) is 10.7. The van der Waals surface area contributed by atoms with Gasteiger partial charge in [0.05, 0.1) is 18.2 Å². The lowest BCUT2D eigenvalue weighted by Crippen LogP contribution is -2.59. The number of likely N-dealkylation sites (N-methyl/N-ethyl adjacent to an activating group) is 2. The van der Waals surface area contributed by atoms with Crippen LogP contribution in [0.5, 0.6) is 0 Å². The van der Waals surface area contributed by atoms with E-state index in [0.29, 0.717) is 5.92 Å². The first-order chi connectivity index (χ1) is 12.9. The molecule has 0 aromatic carbocycles. The topological polar surface area (TPSA) is 61.9 Å². The van der Waals surface area contributed by atoms with Gasteiger partial charge in [0.2, 0.25) is 11.8 Å². The van der Waals surface area contributed by atoms with Crippen molar-refractivity contribution in [2.24, 2.45) is 17.8 Å². The number of amides is 2. The SMILES string of the molecule is CC[C@H](C)[C@@H]([C@@H](CC)OC)N(C)C(=O)[C@@H](NC(=O)[C@H](C(C)C)N(C)C)C(C)C. The van der Waals surface area contributed by atoms with Gasteiger partial charge in [0.1, 0.15) is 6.04 Å². The number of hydrogen-bond acceptors (Lipinski definition) is 4. The van der Waals surface area contributed by atoms with Gasteiger partial charge in [-0.1, -0.05) is 54.9 Å². The van der Waals surface area contributed by atoms with Crippen LogP contribution in [0.15, 0.2) is 0 Å². The van der Waals surface area contributed by atoms with Crippen molar-refractivity contribution in [1.82, 2.24) is 15.1 Å². The van der Waals surface area contributed by atoms with Crippen LogP contribution in [0.3, 0.4) is 0 Å². The van der Waals surface area contributed by atoms with Gasteiger partial charge < -0.3 is 15.0 Å². The van der Waals surface area contributed by atoms with Crippen LogP contribution >= 0.6 is 0 Å². The summed E-state index contributed by atoms with van der Waals surface area (Å²) >= 11 is 0. The molecule has 0 radical (unpaired) electrons. The summed E-state index contributed by atoms with van der Waals surface area (Å²) < 4.78 is 5.69. The third-order valence-corrected chi connectivity index (χ3v) is 5.79. The molecule has 0 aromatic heterocycles. The molecule has 28 heavy (non-hydrogen) atoms. The van der Waals surface area contributed by atoms with Crippen LogP contribution < -0.4 is 5.32 Å². The fraction of sp³-hybridized carbons (Fsp3) is 0.909. The molecule has 5 atom stereocenters. The number of rotatable bonds is 12. The summed E-state index contributed by atoms with van der Waals surface area (Å²) in [4.78, 5) is 30.1. The standard InChI is InChI=1S/C22H45N3O3/c1-12-16(7)20(17(13-2)28-11)25(10)22(27)18(14(3)4)23-21(26)19(15(5)6)24(8)9/h14-20H,12-13H2,1-11H3,(H,23,26)/t16-,17+,18-,19-,20-/m0/s1. The normalized spacial score (nSPS) is 17.4. The monoisotopic (exact) mass is 399 g/mol. The second-order valence-corrected chi connectivity index (χ2v) is 8.89. The van der Waals surface area contributed by atoms with Gasteiger partial charge in [-0.05, 0) is 38.3 Å². The molecule has 0 saturated carbocycles. The predicted octanol–water partition coefficient (Wildman–Crippen LogP) is 3.01. The number of hydrogen-bond donors (Lipinski definition) is 1. The third kappa shape index (κ3) is 7.03. The zero-order valence-electron chi connectivity index (χ0n) is 20.1. The first-order valence-corrected chi connectivity index (χ1v) is 10.7. The maximum absolute atomic E-state index is 13.4. The van der Waals surface area contributed by atoms with Gasteiger partial charge in [-0.2, -0.15) is 0 Å². The molecule has 166 valence electrons. The minimum atomic E-state index is -0.556. The van der Waals surface area contributed by atoms with Crippen LogP contribution in [0, 0.1) is 17.8 Å². The highest BCUT2D eigenvalue weighted by molar-refractivity contribution is 5.90. The number of nitrogens with one attached hydrogen (secondary N) is 1. The molecule has 0 aliphatic rings. The highest BCUT2D eigenvalue weighted by Crippen LogP contribution is 2.23. The fourth-order valence-corrected chi connectivity index (χ4v) is 4.04. The van der Waals surface area contributed by atoms with Crippen molar-refractivity contribution in [3.63, 3.8) is 0 Å². The van der Waals surface area contributed by atoms with Gasteiger partial charge in [0, 0.05) is 14.2 Å². The van der Waals surface area contributed by atoms with E-state index in [1.54, 1.807) is 12.0 Å². The van der Waals surface area contributed by atoms with Gasteiger partial charge in [0.15, 0.2) is 0 Å². The Kier molecular flexibility index (Phi) is 11.9. The predicted molar refractivity (Wildman–Crippen MR) is 116 cm³/mol. The Hall–Kier alpha value is -1.14. The van der Waals surface area contributed by atoms with E-state index >= 15 is 0 Å². The molecule has 2 amide bonds. The molecule has 0 aliphatic carbocycles. The molecule has 6 heteroatoms. The first kappa shape index (κ1) is 26.9. The maximum Gasteiger partial charge on any atom is 0.245 e. The Morgan fingerprint density at radius 1 is 0.929 bits per heavy atom. The molecule has 0 rings (SSSR count). The van der Waals surface area contributed by atoms with Crippen molar-refractivity contribution in [3.05, 3.63) is 0 Å². The lowest BCUT2D eigenvalue weighted by Gasteiger charge is -2.40. The van der Waals surface area contributed by atoms with Crippen molar-refractivity contribution in [1.29, 1.82) is 0 Å². The smallest absolute Gasteiger partial charge is 0.245 e. The van der Waals surface area contributed by atoms with Crippen LogP contribution in [0.2, 0.25) is 0 Å². The number of carbonyl (C=O) groups excluding carboxylic acids is 2. The number of carbonyl (C=O) groups is 2. The van der Waals surface area contributed by atoms with Crippen molar-refractivity contribution in [2.45, 2.75) is 85.5 Å². The highest BCUT2D eigenvalue weighted by Gasteiger charge is 2.37. The Morgan fingerprint density at radius 2 is 1.46 bits per heavy atom. The zero-order chi connectivity index (χ0) is 22.2. The summed E-state index contributed by atoms with van der Waals surface area (Å²) in [7, 11) is 7.33. The molecule has 0 aromatic rings. The van der Waals surface area contributed by atoms with E-state index in [0.717, 1.165) is 12.8 Å². The van der Waals surface area contributed by atoms with Gasteiger partial charge in [-0.3, -0.25) is 14.5 Å². The van der Waals surface area contributed by atoms with Crippen molar-refractivity contribution >= 4 is 11.8 Å². The Balaban J connectivity index is 5.65. The largest absolute Gasteiger partial charge is 0.379 e. The number of nitrogens with zero attached hydrogens (tertiary/aromatic N) is 2. The molecule has 0 unspecified atom stereocenters. The molecule has 0 bridgehead atoms. The lowest BCUT2D eigenvalue weighted by atomic mass is 9.90. The molecule has 0 spiro atoms. The molecule has 6 nitrogen and oxygen atoms in total. The van der Waals surface area contributed by atoms with E-state index in [-0.39, 0.29) is 41.8 Å². The average molecular weight is 400 g/mol. The summed E-state index contributed by atoms with van der Waals surface area (Å²) in [5, 5.41) is 3.03. The van der Waals surface area contributed by atoms with E-state index < -0.39 is 6.04 Å². The lowest BCUT2D eigenvalue weighted by molar-refractivity contribution is -0.143. The Bertz CT molecular complexity index is 468. The van der Waals surface area contributed by atoms with E-state index in [1.807, 2.05) is 53.7 Å². The molecule has 0 heterocycles. The van der Waals surface area contributed by atoms with Crippen LogP contribution in [0.25, 0.3) is 0 Å². The van der Waals surface area contributed by atoms with Crippen LogP contribution in [-0.2, 0) is 14.3 Å². The van der Waals surface area contributed by atoms with Crippen molar-refractivity contribution in [2.75, 3.05) is 28.3 Å². The van der Waals surface area contributed by atoms with E-state index in [2.05, 4.69) is 26.1 Å². The maximum atomic E-state index is 13.4. The third-order valence-electron chi connectivity index (χ3n) is 5.79. The second kappa shape index (κ2) is 12.4. The van der Waals surface area contributed by atoms with E-state index in [9.17, 15) is 9.59 Å². The van der Waals surface area contributed by atoms with E-state index in [1.165, 1.54) is 0 Å². The van der Waals surface area contributed by atoms with Gasteiger partial charge in [0.25, 0.3) is 0 Å². The van der Waals surface area contributed by atoms with Crippen molar-refractivity contribution in [3.8, 4) is 0 Å².